The van der Waals surface area contributed by atoms with Gasteiger partial charge in [-0.2, -0.15) is 0 Å². The number of pyridine rings is 1. The van der Waals surface area contributed by atoms with Gasteiger partial charge in [0, 0.05) is 25.9 Å². The van der Waals surface area contributed by atoms with E-state index in [2.05, 4.69) is 5.32 Å². The molecular weight excluding hydrogens is 259 g/mol. The van der Waals surface area contributed by atoms with Crippen LogP contribution in [-0.2, 0) is 24.8 Å². The topological polar surface area (TPSA) is 51.1 Å². The fourth-order valence-electron chi connectivity index (χ4n) is 1.83. The van der Waals surface area contributed by atoms with Crippen molar-refractivity contribution in [3.63, 3.8) is 0 Å². The molecule has 0 aliphatic rings. The second kappa shape index (κ2) is 6.14. The van der Waals surface area contributed by atoms with Gasteiger partial charge in [-0.05, 0) is 17.2 Å². The summed E-state index contributed by atoms with van der Waals surface area (Å²) in [7, 11) is 1.65. The van der Waals surface area contributed by atoms with E-state index in [9.17, 15) is 14.0 Å². The van der Waals surface area contributed by atoms with E-state index in [1.807, 2.05) is 0 Å². The van der Waals surface area contributed by atoms with Gasteiger partial charge in [0.15, 0.2) is 0 Å². The monoisotopic (exact) mass is 274 g/mol. The van der Waals surface area contributed by atoms with Crippen LogP contribution in [0.25, 0.3) is 0 Å². The molecule has 1 heterocycles. The van der Waals surface area contributed by atoms with Gasteiger partial charge in [-0.25, -0.2) is 4.39 Å². The van der Waals surface area contributed by atoms with Crippen LogP contribution in [-0.4, -0.2) is 10.5 Å². The van der Waals surface area contributed by atoms with E-state index >= 15 is 0 Å². The van der Waals surface area contributed by atoms with E-state index in [1.165, 1.54) is 16.7 Å². The summed E-state index contributed by atoms with van der Waals surface area (Å²) in [5, 5.41) is 2.70. The molecule has 0 radical (unpaired) electrons. The maximum Gasteiger partial charge on any atom is 0.250 e. The molecule has 20 heavy (non-hydrogen) atoms. The summed E-state index contributed by atoms with van der Waals surface area (Å²) in [4.78, 5) is 23.0. The van der Waals surface area contributed by atoms with E-state index < -0.39 is 0 Å². The highest BCUT2D eigenvalue weighted by Crippen LogP contribution is 2.07. The lowest BCUT2D eigenvalue weighted by Crippen LogP contribution is -2.26. The Morgan fingerprint density at radius 2 is 2.00 bits per heavy atom. The smallest absolute Gasteiger partial charge is 0.250 e. The second-order valence-electron chi connectivity index (χ2n) is 4.53. The quantitative estimate of drug-likeness (QED) is 0.916. The lowest BCUT2D eigenvalue weighted by molar-refractivity contribution is -0.120. The minimum Gasteiger partial charge on any atom is -0.352 e. The number of benzene rings is 1. The Morgan fingerprint density at radius 1 is 1.25 bits per heavy atom. The summed E-state index contributed by atoms with van der Waals surface area (Å²) in [5.74, 6) is -0.645. The van der Waals surface area contributed by atoms with E-state index in [0.717, 1.165) is 5.56 Å². The molecule has 0 unspecified atom stereocenters. The molecule has 0 aliphatic heterocycles. The second-order valence-corrected chi connectivity index (χ2v) is 4.53. The third-order valence-electron chi connectivity index (χ3n) is 2.95. The number of halogens is 1. The Labute approximate surface area is 115 Å². The molecule has 0 fully saturated rings. The third kappa shape index (κ3) is 3.54. The van der Waals surface area contributed by atoms with Crippen LogP contribution in [0.5, 0.6) is 0 Å². The molecule has 5 heteroatoms. The lowest BCUT2D eigenvalue weighted by atomic mass is 10.1. The van der Waals surface area contributed by atoms with Gasteiger partial charge in [0.1, 0.15) is 5.82 Å². The van der Waals surface area contributed by atoms with Crippen LogP contribution in [0.2, 0.25) is 0 Å². The van der Waals surface area contributed by atoms with E-state index in [-0.39, 0.29) is 23.7 Å². The van der Waals surface area contributed by atoms with Crippen LogP contribution in [0, 0.1) is 5.82 Å². The molecule has 1 amide bonds. The highest BCUT2D eigenvalue weighted by atomic mass is 19.1. The number of hydrogen-bond acceptors (Lipinski definition) is 2. The van der Waals surface area contributed by atoms with Gasteiger partial charge in [0.2, 0.25) is 11.5 Å². The molecule has 2 rings (SSSR count). The first-order chi connectivity index (χ1) is 9.56. The molecule has 4 nitrogen and oxygen atoms in total. The van der Waals surface area contributed by atoms with Gasteiger partial charge in [0.05, 0.1) is 6.42 Å². The molecule has 0 bridgehead atoms. The predicted octanol–water partition coefficient (Wildman–Crippen LogP) is 1.38. The molecule has 2 aromatic rings. The van der Waals surface area contributed by atoms with Crippen molar-refractivity contribution in [2.24, 2.45) is 7.05 Å². The number of aromatic nitrogens is 1. The third-order valence-corrected chi connectivity index (χ3v) is 2.95. The molecule has 1 aromatic carbocycles. The summed E-state index contributed by atoms with van der Waals surface area (Å²) < 4.78 is 14.8. The van der Waals surface area contributed by atoms with Crippen LogP contribution in [0.15, 0.2) is 47.4 Å². The number of hydrogen-bond donors (Lipinski definition) is 1. The van der Waals surface area contributed by atoms with Crippen molar-refractivity contribution in [2.45, 2.75) is 13.0 Å². The highest BCUT2D eigenvalue weighted by molar-refractivity contribution is 5.78. The fourth-order valence-corrected chi connectivity index (χ4v) is 1.83. The van der Waals surface area contributed by atoms with Crippen LogP contribution < -0.4 is 10.9 Å². The van der Waals surface area contributed by atoms with Gasteiger partial charge < -0.3 is 9.88 Å². The van der Waals surface area contributed by atoms with Crippen molar-refractivity contribution >= 4 is 5.91 Å². The summed E-state index contributed by atoms with van der Waals surface area (Å²) >= 11 is 0. The highest BCUT2D eigenvalue weighted by Gasteiger charge is 2.07. The zero-order valence-electron chi connectivity index (χ0n) is 11.1. The first kappa shape index (κ1) is 14.0. The van der Waals surface area contributed by atoms with Gasteiger partial charge in [-0.1, -0.05) is 24.3 Å². The van der Waals surface area contributed by atoms with Gasteiger partial charge >= 0.3 is 0 Å². The minimum absolute atomic E-state index is 0.00155. The Bertz CT molecular complexity index is 680. The van der Waals surface area contributed by atoms with Gasteiger partial charge in [-0.3, -0.25) is 9.59 Å². The maximum atomic E-state index is 13.4. The number of nitrogens with zero attached hydrogens (tertiary/aromatic N) is 1. The SMILES string of the molecule is Cn1cc(CNC(=O)Cc2ccccc2F)ccc1=O. The van der Waals surface area contributed by atoms with Gasteiger partial charge in [0.25, 0.3) is 0 Å². The summed E-state index contributed by atoms with van der Waals surface area (Å²) in [6.45, 7) is 0.307. The molecule has 1 N–H and O–H groups in total. The summed E-state index contributed by atoms with van der Waals surface area (Å²) in [5.41, 5.74) is 1.07. The Hall–Kier alpha value is -2.43. The van der Waals surface area contributed by atoms with E-state index in [4.69, 9.17) is 0 Å². The first-order valence-corrected chi connectivity index (χ1v) is 6.22. The average Bonchev–Trinajstić information content (AvgIpc) is 2.43. The Morgan fingerprint density at radius 3 is 2.70 bits per heavy atom. The number of amides is 1. The number of carbonyl (C=O) groups is 1. The summed E-state index contributed by atoms with van der Waals surface area (Å²) in [6, 6.07) is 9.29. The van der Waals surface area contributed by atoms with Crippen LogP contribution >= 0.6 is 0 Å². The van der Waals surface area contributed by atoms with Crippen molar-refractivity contribution in [1.82, 2.24) is 9.88 Å². The predicted molar refractivity (Wildman–Crippen MR) is 73.6 cm³/mol. The number of aryl methyl sites for hydroxylation is 1. The van der Waals surface area contributed by atoms with Crippen molar-refractivity contribution in [2.75, 3.05) is 0 Å². The van der Waals surface area contributed by atoms with Crippen LogP contribution in [0.4, 0.5) is 4.39 Å². The van der Waals surface area contributed by atoms with Gasteiger partial charge in [-0.15, -0.1) is 0 Å². The lowest BCUT2D eigenvalue weighted by Gasteiger charge is -2.07. The molecular formula is C15H15FN2O2. The molecule has 0 saturated heterocycles. The van der Waals surface area contributed by atoms with Crippen LogP contribution in [0.1, 0.15) is 11.1 Å². The number of rotatable bonds is 4. The number of carbonyl (C=O) groups excluding carboxylic acids is 1. The first-order valence-electron chi connectivity index (χ1n) is 6.22. The molecule has 0 aliphatic carbocycles. The largest absolute Gasteiger partial charge is 0.352 e. The zero-order valence-corrected chi connectivity index (χ0v) is 11.1. The Balaban J connectivity index is 1.94. The standard InChI is InChI=1S/C15H15FN2O2/c1-18-10-11(6-7-15(18)20)9-17-14(19)8-12-4-2-3-5-13(12)16/h2-7,10H,8-9H2,1H3,(H,17,19). The maximum absolute atomic E-state index is 13.4. The van der Waals surface area contributed by atoms with Crippen LogP contribution in [0.3, 0.4) is 0 Å². The zero-order chi connectivity index (χ0) is 14.5. The van der Waals surface area contributed by atoms with E-state index in [0.29, 0.717) is 12.1 Å². The van der Waals surface area contributed by atoms with Crippen molar-refractivity contribution < 1.29 is 9.18 Å². The van der Waals surface area contributed by atoms with Crippen molar-refractivity contribution in [3.05, 3.63) is 69.9 Å². The average molecular weight is 274 g/mol. The van der Waals surface area contributed by atoms with E-state index in [1.54, 1.807) is 37.5 Å². The molecule has 0 saturated carbocycles. The van der Waals surface area contributed by atoms with Crippen molar-refractivity contribution in [3.8, 4) is 0 Å². The normalized spacial score (nSPS) is 10.3. The minimum atomic E-state index is -0.384. The molecule has 0 spiro atoms. The Kier molecular flexibility index (Phi) is 4.30. The molecule has 1 aromatic heterocycles. The van der Waals surface area contributed by atoms with Crippen molar-refractivity contribution in [1.29, 1.82) is 0 Å². The summed E-state index contributed by atoms with van der Waals surface area (Å²) in [6.07, 6.45) is 1.66. The number of nitrogens with one attached hydrogen (secondary N) is 1. The molecule has 0 atom stereocenters. The molecule has 104 valence electrons. The fraction of sp³-hybridized carbons (Fsp3) is 0.200.